The second kappa shape index (κ2) is 10.5. The summed E-state index contributed by atoms with van der Waals surface area (Å²) in [7, 11) is 0. The third-order valence-electron chi connectivity index (χ3n) is 6.26. The number of fused-ring (bicyclic) bond motifs is 1. The quantitative estimate of drug-likeness (QED) is 0.242. The van der Waals surface area contributed by atoms with Crippen molar-refractivity contribution in [1.29, 1.82) is 0 Å². The summed E-state index contributed by atoms with van der Waals surface area (Å²) in [4.78, 5) is 21.0. The number of pyridine rings is 1. The minimum Gasteiger partial charge on any atom is -0.361 e. The number of carbonyl (C=O) groups is 1. The molecule has 2 N–H and O–H groups in total. The topological polar surface area (TPSA) is 57.8 Å². The van der Waals surface area contributed by atoms with Gasteiger partial charge in [0.05, 0.1) is 18.2 Å². The van der Waals surface area contributed by atoms with E-state index in [-0.39, 0.29) is 24.0 Å². The van der Waals surface area contributed by atoms with Crippen LogP contribution in [-0.4, -0.2) is 15.9 Å². The van der Waals surface area contributed by atoms with Crippen molar-refractivity contribution >= 4 is 28.4 Å². The summed E-state index contributed by atoms with van der Waals surface area (Å²) < 4.78 is 28.1. The molecular formula is C30H24ClF2N3O. The van der Waals surface area contributed by atoms with Gasteiger partial charge in [0.15, 0.2) is 0 Å². The van der Waals surface area contributed by atoms with E-state index >= 15 is 0 Å². The molecule has 0 aliphatic carbocycles. The zero-order valence-electron chi connectivity index (χ0n) is 20.1. The molecule has 3 aromatic carbocycles. The van der Waals surface area contributed by atoms with Gasteiger partial charge < -0.3 is 10.3 Å². The van der Waals surface area contributed by atoms with Crippen molar-refractivity contribution in [3.63, 3.8) is 0 Å². The Kier molecular flexibility index (Phi) is 7.01. The zero-order valence-corrected chi connectivity index (χ0v) is 20.8. The highest BCUT2D eigenvalue weighted by Gasteiger charge is 2.22. The first-order chi connectivity index (χ1) is 17.9. The lowest BCUT2D eigenvalue weighted by molar-refractivity contribution is -0.121. The second-order valence-corrected chi connectivity index (χ2v) is 9.52. The zero-order chi connectivity index (χ0) is 25.9. The Balaban J connectivity index is 1.50. The maximum absolute atomic E-state index is 14.2. The number of hydrogen-bond acceptors (Lipinski definition) is 2. The number of aromatic nitrogens is 2. The highest BCUT2D eigenvalue weighted by molar-refractivity contribution is 6.30. The summed E-state index contributed by atoms with van der Waals surface area (Å²) in [5.41, 5.74) is 5.28. The Hall–Kier alpha value is -4.03. The van der Waals surface area contributed by atoms with E-state index in [0.717, 1.165) is 27.8 Å². The number of halogens is 3. The van der Waals surface area contributed by atoms with Gasteiger partial charge in [-0.1, -0.05) is 35.9 Å². The van der Waals surface area contributed by atoms with E-state index in [0.29, 0.717) is 28.1 Å². The minimum absolute atomic E-state index is 0.0431. The standard InChI is InChI=1S/C30H24ClF2N3O/c1-18-10-19(12-24(33)11-18)13-28(30-25(6-3-9-34-30)20-4-2-5-22(31)14-20)36-29(37)15-21-17-35-27-8-7-23(32)16-26(21)27/h2-12,14,16-17,28,35H,13,15H2,1H3,(H,36,37)/t28-/m0/s1. The fourth-order valence-corrected chi connectivity index (χ4v) is 4.88. The second-order valence-electron chi connectivity index (χ2n) is 9.09. The predicted octanol–water partition coefficient (Wildman–Crippen LogP) is 7.11. The third kappa shape index (κ3) is 5.70. The first kappa shape index (κ1) is 24.7. The number of nitrogens with one attached hydrogen (secondary N) is 2. The summed E-state index contributed by atoms with van der Waals surface area (Å²) in [6, 6.07) is 19.9. The maximum Gasteiger partial charge on any atom is 0.225 e. The van der Waals surface area contributed by atoms with Crippen LogP contribution in [0.5, 0.6) is 0 Å². The van der Waals surface area contributed by atoms with Crippen molar-refractivity contribution in [1.82, 2.24) is 15.3 Å². The molecule has 7 heteroatoms. The van der Waals surface area contributed by atoms with Gasteiger partial charge in [0.1, 0.15) is 11.6 Å². The first-order valence-electron chi connectivity index (χ1n) is 11.9. The molecule has 5 aromatic rings. The van der Waals surface area contributed by atoms with Gasteiger partial charge in [-0.3, -0.25) is 9.78 Å². The molecule has 0 radical (unpaired) electrons. The monoisotopic (exact) mass is 515 g/mol. The number of aromatic amines is 1. The Labute approximate surface area is 218 Å². The molecule has 0 bridgehead atoms. The molecule has 0 saturated heterocycles. The van der Waals surface area contributed by atoms with Crippen LogP contribution in [-0.2, 0) is 17.6 Å². The lowest BCUT2D eigenvalue weighted by Crippen LogP contribution is -2.32. The fourth-order valence-electron chi connectivity index (χ4n) is 4.69. The molecule has 2 aromatic heterocycles. The molecule has 0 spiro atoms. The molecule has 4 nitrogen and oxygen atoms in total. The molecule has 2 heterocycles. The van der Waals surface area contributed by atoms with Crippen LogP contribution in [0.15, 0.2) is 85.2 Å². The van der Waals surface area contributed by atoms with Crippen molar-refractivity contribution < 1.29 is 13.6 Å². The van der Waals surface area contributed by atoms with E-state index < -0.39 is 6.04 Å². The van der Waals surface area contributed by atoms with Gasteiger partial charge >= 0.3 is 0 Å². The van der Waals surface area contributed by atoms with E-state index in [2.05, 4.69) is 15.3 Å². The molecule has 0 unspecified atom stereocenters. The number of benzene rings is 3. The van der Waals surface area contributed by atoms with Crippen LogP contribution >= 0.6 is 11.6 Å². The summed E-state index contributed by atoms with van der Waals surface area (Å²) >= 11 is 6.25. The van der Waals surface area contributed by atoms with E-state index in [1.165, 1.54) is 24.3 Å². The molecule has 5 rings (SSSR count). The Morgan fingerprint density at radius 1 is 1.03 bits per heavy atom. The lowest BCUT2D eigenvalue weighted by atomic mass is 9.94. The molecule has 0 aliphatic heterocycles. The highest BCUT2D eigenvalue weighted by atomic mass is 35.5. The fraction of sp³-hybridized carbons (Fsp3) is 0.133. The van der Waals surface area contributed by atoms with Crippen LogP contribution in [0, 0.1) is 18.6 Å². The number of rotatable bonds is 7. The van der Waals surface area contributed by atoms with Gasteiger partial charge in [-0.15, -0.1) is 0 Å². The third-order valence-corrected chi connectivity index (χ3v) is 6.50. The number of amides is 1. The van der Waals surface area contributed by atoms with Crippen molar-refractivity contribution in [2.75, 3.05) is 0 Å². The average Bonchev–Trinajstić information content (AvgIpc) is 3.24. The van der Waals surface area contributed by atoms with Crippen LogP contribution in [0.25, 0.3) is 22.0 Å². The summed E-state index contributed by atoms with van der Waals surface area (Å²) in [5.74, 6) is -0.962. The number of carbonyl (C=O) groups excluding carboxylic acids is 1. The van der Waals surface area contributed by atoms with Crippen LogP contribution in [0.2, 0.25) is 5.02 Å². The van der Waals surface area contributed by atoms with Crippen molar-refractivity contribution in [2.24, 2.45) is 0 Å². The van der Waals surface area contributed by atoms with Gasteiger partial charge in [-0.05, 0) is 84.1 Å². The van der Waals surface area contributed by atoms with Crippen molar-refractivity contribution in [3.05, 3.63) is 124 Å². The van der Waals surface area contributed by atoms with Gasteiger partial charge in [0.2, 0.25) is 5.91 Å². The predicted molar refractivity (Wildman–Crippen MR) is 142 cm³/mol. The number of H-pyrrole nitrogens is 1. The number of aryl methyl sites for hydroxylation is 1. The molecule has 0 fully saturated rings. The van der Waals surface area contributed by atoms with Crippen LogP contribution in [0.4, 0.5) is 8.78 Å². The Morgan fingerprint density at radius 2 is 1.89 bits per heavy atom. The van der Waals surface area contributed by atoms with E-state index in [1.54, 1.807) is 24.5 Å². The summed E-state index contributed by atoms with van der Waals surface area (Å²) in [6.45, 7) is 1.83. The largest absolute Gasteiger partial charge is 0.361 e. The lowest BCUT2D eigenvalue weighted by Gasteiger charge is -2.22. The summed E-state index contributed by atoms with van der Waals surface area (Å²) in [5, 5.41) is 4.34. The van der Waals surface area contributed by atoms with E-state index in [9.17, 15) is 13.6 Å². The average molecular weight is 516 g/mol. The minimum atomic E-state index is -0.550. The molecule has 0 aliphatic rings. The van der Waals surface area contributed by atoms with Gasteiger partial charge in [0.25, 0.3) is 0 Å². The Morgan fingerprint density at radius 3 is 2.70 bits per heavy atom. The van der Waals surface area contributed by atoms with E-state index in [1.807, 2.05) is 43.3 Å². The molecule has 1 atom stereocenters. The Bertz CT molecular complexity index is 1580. The van der Waals surface area contributed by atoms with Crippen LogP contribution < -0.4 is 5.32 Å². The maximum atomic E-state index is 14.2. The van der Waals surface area contributed by atoms with Gasteiger partial charge in [0, 0.05) is 33.9 Å². The van der Waals surface area contributed by atoms with Crippen LogP contribution in [0.3, 0.4) is 0 Å². The smallest absolute Gasteiger partial charge is 0.225 e. The highest BCUT2D eigenvalue weighted by Crippen LogP contribution is 2.31. The first-order valence-corrected chi connectivity index (χ1v) is 12.3. The number of hydrogen-bond donors (Lipinski definition) is 2. The molecule has 0 saturated carbocycles. The molecule has 1 amide bonds. The normalized spacial score (nSPS) is 12.0. The molecule has 186 valence electrons. The van der Waals surface area contributed by atoms with Crippen molar-refractivity contribution in [2.45, 2.75) is 25.8 Å². The molecule has 37 heavy (non-hydrogen) atoms. The SMILES string of the molecule is Cc1cc(F)cc(C[C@H](NC(=O)Cc2c[nH]c3ccc(F)cc23)c2ncccc2-c2cccc(Cl)c2)c1. The van der Waals surface area contributed by atoms with Crippen LogP contribution in [0.1, 0.15) is 28.4 Å². The number of nitrogens with zero attached hydrogens (tertiary/aromatic N) is 1. The summed E-state index contributed by atoms with van der Waals surface area (Å²) in [6.07, 6.45) is 3.76. The van der Waals surface area contributed by atoms with Gasteiger partial charge in [-0.25, -0.2) is 8.78 Å². The molecular weight excluding hydrogens is 492 g/mol. The van der Waals surface area contributed by atoms with Gasteiger partial charge in [-0.2, -0.15) is 0 Å². The van der Waals surface area contributed by atoms with Crippen molar-refractivity contribution in [3.8, 4) is 11.1 Å². The van der Waals surface area contributed by atoms with E-state index in [4.69, 9.17) is 11.6 Å².